The molecule has 0 atom stereocenters. The van der Waals surface area contributed by atoms with E-state index in [2.05, 4.69) is 74.1 Å². The van der Waals surface area contributed by atoms with Crippen LogP contribution in [0.3, 0.4) is 0 Å². The van der Waals surface area contributed by atoms with Gasteiger partial charge in [0.25, 0.3) is 0 Å². The maximum absolute atomic E-state index is 5.06. The van der Waals surface area contributed by atoms with Gasteiger partial charge in [-0.05, 0) is 63.3 Å². The first kappa shape index (κ1) is 30.9. The lowest BCUT2D eigenvalue weighted by molar-refractivity contribution is 0.245. The molecule has 0 aliphatic carbocycles. The van der Waals surface area contributed by atoms with Crippen LogP contribution in [0.1, 0.15) is 57.9 Å². The molecule has 0 N–H and O–H groups in total. The van der Waals surface area contributed by atoms with E-state index in [0.29, 0.717) is 13.2 Å². The fourth-order valence-electron chi connectivity index (χ4n) is 3.01. The Hall–Kier alpha value is -2.30. The van der Waals surface area contributed by atoms with Gasteiger partial charge in [-0.2, -0.15) is 0 Å². The second-order valence-electron chi connectivity index (χ2n) is 7.24. The Labute approximate surface area is 191 Å². The van der Waals surface area contributed by atoms with Gasteiger partial charge in [-0.15, -0.1) is 0 Å². The van der Waals surface area contributed by atoms with Crippen LogP contribution in [0.2, 0.25) is 0 Å². The molecule has 0 radical (unpaired) electrons. The first-order chi connectivity index (χ1) is 13.8. The first-order valence-electron chi connectivity index (χ1n) is 10.0. The van der Waals surface area contributed by atoms with E-state index >= 15 is 0 Å². The van der Waals surface area contributed by atoms with E-state index < -0.39 is 0 Å². The summed E-state index contributed by atoms with van der Waals surface area (Å²) in [7, 11) is 3.38. The van der Waals surface area contributed by atoms with Crippen molar-refractivity contribution in [3.05, 3.63) is 58.7 Å². The Morgan fingerprint density at radius 3 is 1.52 bits per heavy atom. The highest BCUT2D eigenvalue weighted by atomic mass is 16.5. The van der Waals surface area contributed by atoms with Crippen molar-refractivity contribution in [1.29, 1.82) is 0 Å². The van der Waals surface area contributed by atoms with E-state index in [1.165, 1.54) is 22.3 Å². The van der Waals surface area contributed by atoms with E-state index in [-0.39, 0.29) is 14.9 Å². The summed E-state index contributed by atoms with van der Waals surface area (Å²) in [6, 6.07) is 12.5. The minimum absolute atomic E-state index is 0. The number of benzene rings is 2. The Morgan fingerprint density at radius 1 is 0.710 bits per heavy atom. The molecule has 0 bridgehead atoms. The Balaban J connectivity index is 0. The van der Waals surface area contributed by atoms with Crippen LogP contribution in [-0.2, 0) is 15.9 Å². The molecule has 0 spiro atoms. The Morgan fingerprint density at radius 2 is 1.10 bits per heavy atom. The smallest absolute Gasteiger partial charge is 0.0842 e. The lowest BCUT2D eigenvalue weighted by Gasteiger charge is -2.07. The highest BCUT2D eigenvalue weighted by Crippen LogP contribution is 2.25. The Kier molecular flexibility index (Phi) is 16.3. The summed E-state index contributed by atoms with van der Waals surface area (Å²) in [6.07, 6.45) is 1.01. The lowest BCUT2D eigenvalue weighted by atomic mass is 10.1. The fraction of sp³-hybridized carbons (Fsp3) is 0.481. The largest absolute Gasteiger partial charge is 0.379 e. The van der Waals surface area contributed by atoms with E-state index in [1.807, 2.05) is 13.8 Å². The van der Waals surface area contributed by atoms with Gasteiger partial charge < -0.3 is 9.47 Å². The van der Waals surface area contributed by atoms with Crippen molar-refractivity contribution in [3.8, 4) is 0 Å². The van der Waals surface area contributed by atoms with E-state index in [9.17, 15) is 0 Å². The van der Waals surface area contributed by atoms with Crippen molar-refractivity contribution in [3.63, 3.8) is 0 Å². The summed E-state index contributed by atoms with van der Waals surface area (Å²) in [5.74, 6) is 0. The number of hydrogen-bond donors (Lipinski definition) is 0. The zero-order valence-corrected chi connectivity index (χ0v) is 19.3. The summed E-state index contributed by atoms with van der Waals surface area (Å²) in [5.41, 5.74) is 9.14. The van der Waals surface area contributed by atoms with E-state index in [1.54, 1.807) is 14.2 Å². The number of aliphatic imine (C=N–C) groups is 2. The van der Waals surface area contributed by atoms with Crippen molar-refractivity contribution in [2.75, 3.05) is 27.4 Å². The molecule has 2 aromatic rings. The molecule has 0 aliphatic heterocycles. The fourth-order valence-corrected chi connectivity index (χ4v) is 3.01. The quantitative estimate of drug-likeness (QED) is 0.426. The number of methoxy groups -OCH3 is 2. The van der Waals surface area contributed by atoms with Gasteiger partial charge in [-0.25, -0.2) is 0 Å². The number of para-hydroxylation sites is 2. The molecular formula is C27H44N2O2. The summed E-state index contributed by atoms with van der Waals surface area (Å²) >= 11 is 0. The molecule has 0 saturated carbocycles. The van der Waals surface area contributed by atoms with Gasteiger partial charge in [-0.1, -0.05) is 58.2 Å². The van der Waals surface area contributed by atoms with Crippen LogP contribution >= 0.6 is 0 Å². The van der Waals surface area contributed by atoms with E-state index in [0.717, 1.165) is 29.2 Å². The molecule has 2 rings (SSSR count). The second kappa shape index (κ2) is 16.4. The van der Waals surface area contributed by atoms with Gasteiger partial charge >= 0.3 is 0 Å². The predicted octanol–water partition coefficient (Wildman–Crippen LogP) is 7.61. The predicted molar refractivity (Wildman–Crippen MR) is 139 cm³/mol. The van der Waals surface area contributed by atoms with E-state index in [4.69, 9.17) is 9.47 Å². The molecule has 0 heterocycles. The van der Waals surface area contributed by atoms with Gasteiger partial charge in [0.2, 0.25) is 0 Å². The normalized spacial score (nSPS) is 11.1. The SMILES string of the molecule is C.C.CCc1cccc(C)c1N=C(C)COC.COCC(C)=Nc1c(C)cccc1C. The molecule has 4 nitrogen and oxygen atoms in total. The first-order valence-corrected chi connectivity index (χ1v) is 10.0. The van der Waals surface area contributed by atoms with Crippen LogP contribution in [-0.4, -0.2) is 38.9 Å². The standard InChI is InChI=1S/C13H19NO.C12H17NO.2CH4/c1-5-12-8-6-7-10(2)13(12)14-11(3)9-15-4;1-9-6-5-7-10(2)12(9)13-11(3)8-14-4;;/h6-8H,5,9H2,1-4H3;5-7H,8H2,1-4H3;2*1H4. The summed E-state index contributed by atoms with van der Waals surface area (Å²) in [5, 5.41) is 0. The lowest BCUT2D eigenvalue weighted by Crippen LogP contribution is -2.01. The van der Waals surface area contributed by atoms with Crippen LogP contribution < -0.4 is 0 Å². The molecule has 0 aromatic heterocycles. The molecule has 0 aliphatic rings. The molecule has 31 heavy (non-hydrogen) atoms. The number of ether oxygens (including phenoxy) is 2. The van der Waals surface area contributed by atoms with Crippen molar-refractivity contribution in [1.82, 2.24) is 0 Å². The van der Waals surface area contributed by atoms with Gasteiger partial charge in [0.15, 0.2) is 0 Å². The highest BCUT2D eigenvalue weighted by molar-refractivity contribution is 5.87. The van der Waals surface area contributed by atoms with Gasteiger partial charge in [0, 0.05) is 25.6 Å². The van der Waals surface area contributed by atoms with Crippen molar-refractivity contribution in [2.24, 2.45) is 9.98 Å². The molecular weight excluding hydrogens is 384 g/mol. The van der Waals surface area contributed by atoms with Crippen molar-refractivity contribution < 1.29 is 9.47 Å². The second-order valence-corrected chi connectivity index (χ2v) is 7.24. The number of rotatable bonds is 7. The zero-order chi connectivity index (χ0) is 21.8. The molecule has 2 aromatic carbocycles. The average molecular weight is 429 g/mol. The molecule has 0 unspecified atom stereocenters. The third-order valence-electron chi connectivity index (χ3n) is 4.45. The zero-order valence-electron chi connectivity index (χ0n) is 19.3. The minimum Gasteiger partial charge on any atom is -0.379 e. The highest BCUT2D eigenvalue weighted by Gasteiger charge is 2.03. The Bertz CT molecular complexity index is 819. The van der Waals surface area contributed by atoms with Crippen LogP contribution in [0, 0.1) is 20.8 Å². The van der Waals surface area contributed by atoms with Crippen molar-refractivity contribution in [2.45, 2.75) is 62.8 Å². The number of nitrogens with zero attached hydrogens (tertiary/aromatic N) is 2. The topological polar surface area (TPSA) is 43.2 Å². The number of aryl methyl sites for hydroxylation is 4. The number of hydrogen-bond acceptors (Lipinski definition) is 4. The minimum atomic E-state index is 0. The molecule has 0 saturated heterocycles. The third kappa shape index (κ3) is 10.5. The maximum Gasteiger partial charge on any atom is 0.0842 e. The van der Waals surface area contributed by atoms with Gasteiger partial charge in [0.05, 0.1) is 24.6 Å². The van der Waals surface area contributed by atoms with Crippen LogP contribution in [0.25, 0.3) is 0 Å². The molecule has 0 fully saturated rings. The molecule has 174 valence electrons. The van der Waals surface area contributed by atoms with Crippen molar-refractivity contribution >= 4 is 22.8 Å². The van der Waals surface area contributed by atoms with Crippen LogP contribution in [0.4, 0.5) is 11.4 Å². The maximum atomic E-state index is 5.06. The molecule has 4 heteroatoms. The summed E-state index contributed by atoms with van der Waals surface area (Å²) in [4.78, 5) is 9.15. The monoisotopic (exact) mass is 428 g/mol. The summed E-state index contributed by atoms with van der Waals surface area (Å²) in [6.45, 7) is 13.6. The average Bonchev–Trinajstić information content (AvgIpc) is 2.67. The third-order valence-corrected chi connectivity index (χ3v) is 4.45. The summed E-state index contributed by atoms with van der Waals surface area (Å²) < 4.78 is 10.1. The van der Waals surface area contributed by atoms with Crippen LogP contribution in [0.15, 0.2) is 46.4 Å². The van der Waals surface area contributed by atoms with Gasteiger partial charge in [0.1, 0.15) is 0 Å². The molecule has 0 amide bonds. The van der Waals surface area contributed by atoms with Gasteiger partial charge in [-0.3, -0.25) is 9.98 Å². The van der Waals surface area contributed by atoms with Crippen LogP contribution in [0.5, 0.6) is 0 Å².